The number of hydrogen-bond donors (Lipinski definition) is 1. The third kappa shape index (κ3) is 3.44. The van der Waals surface area contributed by atoms with Crippen LogP contribution in [0.25, 0.3) is 11.3 Å². The maximum atomic E-state index is 12.6. The van der Waals surface area contributed by atoms with Gasteiger partial charge in [0, 0.05) is 29.7 Å². The molecule has 3 aromatic rings. The lowest BCUT2D eigenvalue weighted by molar-refractivity contribution is 0.0697. The summed E-state index contributed by atoms with van der Waals surface area (Å²) >= 11 is 0. The molecule has 1 unspecified atom stereocenters. The molecule has 1 aromatic heterocycles. The van der Waals surface area contributed by atoms with Crippen LogP contribution < -0.4 is 5.56 Å². The summed E-state index contributed by atoms with van der Waals surface area (Å²) in [5.41, 5.74) is 3.44. The van der Waals surface area contributed by atoms with Crippen molar-refractivity contribution in [2.24, 2.45) is 5.10 Å². The van der Waals surface area contributed by atoms with Crippen LogP contribution >= 0.6 is 0 Å². The smallest absolute Gasteiger partial charge is 0.335 e. The number of carboxylic acids is 1. The van der Waals surface area contributed by atoms with E-state index in [4.69, 9.17) is 10.4 Å². The summed E-state index contributed by atoms with van der Waals surface area (Å²) in [5.74, 6) is -0.535. The number of aromatic nitrogens is 2. The molecule has 7 heteroatoms. The highest BCUT2D eigenvalue weighted by molar-refractivity contribution is 5.91. The van der Waals surface area contributed by atoms with Crippen molar-refractivity contribution in [1.82, 2.24) is 9.66 Å². The summed E-state index contributed by atoms with van der Waals surface area (Å²) in [7, 11) is 0. The van der Waals surface area contributed by atoms with Crippen LogP contribution in [0.5, 0.6) is 0 Å². The first kappa shape index (κ1) is 18.3. The lowest BCUT2D eigenvalue weighted by Gasteiger charge is -2.23. The molecule has 0 saturated carbocycles. The Bertz CT molecular complexity index is 1230. The van der Waals surface area contributed by atoms with Gasteiger partial charge in [0.05, 0.1) is 22.9 Å². The van der Waals surface area contributed by atoms with E-state index in [1.807, 2.05) is 6.92 Å². The zero-order valence-corrected chi connectivity index (χ0v) is 15.5. The van der Waals surface area contributed by atoms with Crippen LogP contribution in [0.4, 0.5) is 0 Å². The molecule has 0 spiro atoms. The van der Waals surface area contributed by atoms with Crippen molar-refractivity contribution < 1.29 is 9.90 Å². The molecule has 0 saturated heterocycles. The van der Waals surface area contributed by atoms with Gasteiger partial charge in [-0.25, -0.2) is 9.78 Å². The Labute approximate surface area is 166 Å². The van der Waals surface area contributed by atoms with Gasteiger partial charge in [-0.3, -0.25) is 4.79 Å². The maximum absolute atomic E-state index is 12.6. The van der Waals surface area contributed by atoms with Crippen molar-refractivity contribution in [3.63, 3.8) is 0 Å². The van der Waals surface area contributed by atoms with E-state index in [2.05, 4.69) is 16.2 Å². The Morgan fingerprint density at radius 1 is 1.17 bits per heavy atom. The van der Waals surface area contributed by atoms with Crippen molar-refractivity contribution in [2.75, 3.05) is 0 Å². The largest absolute Gasteiger partial charge is 0.478 e. The molecule has 7 nitrogen and oxygen atoms in total. The molecule has 0 amide bonds. The Kier molecular flexibility index (Phi) is 4.53. The summed E-state index contributed by atoms with van der Waals surface area (Å²) < 4.78 is 1.31. The van der Waals surface area contributed by atoms with Gasteiger partial charge in [-0.05, 0) is 36.8 Å². The number of benzene rings is 2. The summed E-state index contributed by atoms with van der Waals surface area (Å²) in [5, 5.41) is 22.4. The van der Waals surface area contributed by atoms with E-state index in [0.29, 0.717) is 23.5 Å². The second-order valence-corrected chi connectivity index (χ2v) is 6.82. The van der Waals surface area contributed by atoms with Gasteiger partial charge in [-0.2, -0.15) is 15.0 Å². The highest BCUT2D eigenvalue weighted by Crippen LogP contribution is 2.27. The number of carbonyl (C=O) groups is 1. The lowest BCUT2D eigenvalue weighted by Crippen LogP contribution is -2.30. The Balaban J connectivity index is 1.72. The molecule has 1 N–H and O–H groups in total. The molecule has 2 aromatic carbocycles. The first-order chi connectivity index (χ1) is 14.0. The minimum Gasteiger partial charge on any atom is -0.478 e. The predicted molar refractivity (Wildman–Crippen MR) is 107 cm³/mol. The van der Waals surface area contributed by atoms with Gasteiger partial charge in [0.15, 0.2) is 0 Å². The normalized spacial score (nSPS) is 15.2. The van der Waals surface area contributed by atoms with Crippen LogP contribution in [0.2, 0.25) is 0 Å². The lowest BCUT2D eigenvalue weighted by atomic mass is 9.90. The topological polar surface area (TPSA) is 108 Å². The molecular formula is C22H16N4O3. The Hall–Kier alpha value is -4.05. The summed E-state index contributed by atoms with van der Waals surface area (Å²) in [6.07, 6.45) is 0.473. The average Bonchev–Trinajstić information content (AvgIpc) is 2.74. The number of rotatable bonds is 3. The molecular weight excluding hydrogens is 368 g/mol. The van der Waals surface area contributed by atoms with E-state index >= 15 is 0 Å². The SMILES string of the molecule is CC1=Nn2c(nc(-c3ccc(C#N)cc3)cc2=O)CC1c1ccc(C(=O)O)cc1. The monoisotopic (exact) mass is 384 g/mol. The van der Waals surface area contributed by atoms with Gasteiger partial charge in [-0.15, -0.1) is 0 Å². The molecule has 1 aliphatic heterocycles. The van der Waals surface area contributed by atoms with E-state index in [-0.39, 0.29) is 17.0 Å². The standard InChI is InChI=1S/C22H16N4O3/c1-13-18(15-6-8-17(9-7-15)22(28)29)10-20-24-19(11-21(27)26(20)25-13)16-4-2-14(12-23)3-5-16/h2-9,11,18H,10H2,1H3,(H,28,29). The quantitative estimate of drug-likeness (QED) is 0.747. The average molecular weight is 384 g/mol. The van der Waals surface area contributed by atoms with Gasteiger partial charge in [0.25, 0.3) is 5.56 Å². The van der Waals surface area contributed by atoms with E-state index in [9.17, 15) is 9.59 Å². The van der Waals surface area contributed by atoms with E-state index < -0.39 is 5.97 Å². The Morgan fingerprint density at radius 3 is 2.48 bits per heavy atom. The molecule has 0 fully saturated rings. The summed E-state index contributed by atoms with van der Waals surface area (Å²) in [4.78, 5) is 28.3. The van der Waals surface area contributed by atoms with E-state index in [0.717, 1.165) is 16.8 Å². The van der Waals surface area contributed by atoms with Crippen molar-refractivity contribution in [1.29, 1.82) is 5.26 Å². The third-order valence-corrected chi connectivity index (χ3v) is 4.98. The predicted octanol–water partition coefficient (Wildman–Crippen LogP) is 3.04. The second kappa shape index (κ2) is 7.17. The molecule has 1 aliphatic rings. The second-order valence-electron chi connectivity index (χ2n) is 6.82. The molecule has 2 heterocycles. The van der Waals surface area contributed by atoms with Crippen LogP contribution in [-0.2, 0) is 6.42 Å². The van der Waals surface area contributed by atoms with Crippen LogP contribution in [-0.4, -0.2) is 26.4 Å². The van der Waals surface area contributed by atoms with Gasteiger partial charge in [0.1, 0.15) is 5.82 Å². The molecule has 0 radical (unpaired) electrons. The third-order valence-electron chi connectivity index (χ3n) is 4.98. The Morgan fingerprint density at radius 2 is 1.86 bits per heavy atom. The number of nitrogens with zero attached hydrogens (tertiary/aromatic N) is 4. The van der Waals surface area contributed by atoms with Gasteiger partial charge in [-0.1, -0.05) is 24.3 Å². The van der Waals surface area contributed by atoms with Gasteiger partial charge in [0.2, 0.25) is 0 Å². The summed E-state index contributed by atoms with van der Waals surface area (Å²) in [6.45, 7) is 1.85. The van der Waals surface area contributed by atoms with Crippen LogP contribution in [0.15, 0.2) is 64.5 Å². The highest BCUT2D eigenvalue weighted by Gasteiger charge is 2.25. The minimum absolute atomic E-state index is 0.0963. The molecule has 4 rings (SSSR count). The number of carboxylic acid groups (broad SMARTS) is 1. The molecule has 0 aliphatic carbocycles. The molecule has 29 heavy (non-hydrogen) atoms. The first-order valence-electron chi connectivity index (χ1n) is 8.98. The number of aromatic carboxylic acids is 1. The van der Waals surface area contributed by atoms with Crippen LogP contribution in [0, 0.1) is 11.3 Å². The first-order valence-corrected chi connectivity index (χ1v) is 8.98. The van der Waals surface area contributed by atoms with E-state index in [1.165, 1.54) is 10.7 Å². The molecule has 1 atom stereocenters. The number of nitriles is 1. The van der Waals surface area contributed by atoms with Gasteiger partial charge < -0.3 is 5.11 Å². The number of fused-ring (bicyclic) bond motifs is 1. The highest BCUT2D eigenvalue weighted by atomic mass is 16.4. The fourth-order valence-corrected chi connectivity index (χ4v) is 3.40. The van der Waals surface area contributed by atoms with Crippen molar-refractivity contribution in [2.45, 2.75) is 19.3 Å². The van der Waals surface area contributed by atoms with Crippen molar-refractivity contribution >= 4 is 11.7 Å². The fourth-order valence-electron chi connectivity index (χ4n) is 3.40. The van der Waals surface area contributed by atoms with Crippen molar-refractivity contribution in [3.05, 3.63) is 87.5 Å². The van der Waals surface area contributed by atoms with E-state index in [1.54, 1.807) is 48.5 Å². The molecule has 142 valence electrons. The maximum Gasteiger partial charge on any atom is 0.335 e. The van der Waals surface area contributed by atoms with Crippen molar-refractivity contribution in [3.8, 4) is 17.3 Å². The minimum atomic E-state index is -0.976. The zero-order valence-electron chi connectivity index (χ0n) is 15.5. The zero-order chi connectivity index (χ0) is 20.5. The van der Waals surface area contributed by atoms with Crippen LogP contribution in [0.3, 0.4) is 0 Å². The number of hydrogen-bond acceptors (Lipinski definition) is 5. The fraction of sp³-hybridized carbons (Fsp3) is 0.136. The van der Waals surface area contributed by atoms with Crippen LogP contribution in [0.1, 0.15) is 40.2 Å². The summed E-state index contributed by atoms with van der Waals surface area (Å²) in [6, 6.07) is 17.1. The molecule has 0 bridgehead atoms. The van der Waals surface area contributed by atoms with Gasteiger partial charge >= 0.3 is 5.97 Å².